The molecular formula is C17H21NO. The molecule has 3 rings (SSSR count). The van der Waals surface area contributed by atoms with Crippen molar-refractivity contribution in [2.24, 2.45) is 0 Å². The minimum atomic E-state index is 0.456. The van der Waals surface area contributed by atoms with Gasteiger partial charge in [-0.25, -0.2) is 0 Å². The average molecular weight is 255 g/mol. The van der Waals surface area contributed by atoms with Crippen LogP contribution in [0.15, 0.2) is 42.5 Å². The van der Waals surface area contributed by atoms with Crippen LogP contribution >= 0.6 is 0 Å². The maximum absolute atomic E-state index is 5.37. The molecule has 0 aromatic heterocycles. The molecule has 0 aliphatic carbocycles. The van der Waals surface area contributed by atoms with Gasteiger partial charge in [0.1, 0.15) is 0 Å². The first-order chi connectivity index (χ1) is 9.24. The standard InChI is InChI=1S/C17H21NO/c1-13(2)18(11-16-12-19-16)10-15-8-5-7-14-6-3-4-9-17(14)15/h3-9,13,16H,10-12H2,1-2H3. The zero-order valence-electron chi connectivity index (χ0n) is 11.7. The Kier molecular flexibility index (Phi) is 3.54. The number of hydrogen-bond acceptors (Lipinski definition) is 2. The molecule has 0 bridgehead atoms. The van der Waals surface area contributed by atoms with Crippen molar-refractivity contribution in [1.29, 1.82) is 0 Å². The van der Waals surface area contributed by atoms with Crippen molar-refractivity contribution in [2.45, 2.75) is 32.5 Å². The van der Waals surface area contributed by atoms with E-state index in [1.807, 2.05) is 0 Å². The van der Waals surface area contributed by atoms with Crippen LogP contribution in [0.3, 0.4) is 0 Å². The molecule has 2 heteroatoms. The lowest BCUT2D eigenvalue weighted by Crippen LogP contribution is -2.33. The highest BCUT2D eigenvalue weighted by molar-refractivity contribution is 5.85. The van der Waals surface area contributed by atoms with Gasteiger partial charge in [0.15, 0.2) is 0 Å². The highest BCUT2D eigenvalue weighted by atomic mass is 16.6. The van der Waals surface area contributed by atoms with Gasteiger partial charge in [0, 0.05) is 19.1 Å². The SMILES string of the molecule is CC(C)N(Cc1cccc2ccccc12)CC1CO1. The van der Waals surface area contributed by atoms with Crippen LogP contribution < -0.4 is 0 Å². The van der Waals surface area contributed by atoms with Gasteiger partial charge in [0.2, 0.25) is 0 Å². The summed E-state index contributed by atoms with van der Waals surface area (Å²) in [6.07, 6.45) is 0.456. The van der Waals surface area contributed by atoms with E-state index in [0.717, 1.165) is 19.7 Å². The Hall–Kier alpha value is -1.38. The molecule has 0 saturated carbocycles. The summed E-state index contributed by atoms with van der Waals surface area (Å²) in [5.41, 5.74) is 1.41. The predicted octanol–water partition coefficient (Wildman–Crippen LogP) is 3.45. The molecule has 2 aromatic rings. The Morgan fingerprint density at radius 1 is 1.16 bits per heavy atom. The van der Waals surface area contributed by atoms with Gasteiger partial charge in [-0.15, -0.1) is 0 Å². The van der Waals surface area contributed by atoms with Crippen LogP contribution in [-0.4, -0.2) is 30.2 Å². The molecule has 1 aliphatic heterocycles. The molecule has 1 fully saturated rings. The summed E-state index contributed by atoms with van der Waals surface area (Å²) < 4.78 is 5.37. The molecule has 19 heavy (non-hydrogen) atoms. The van der Waals surface area contributed by atoms with E-state index >= 15 is 0 Å². The van der Waals surface area contributed by atoms with Crippen molar-refractivity contribution in [3.05, 3.63) is 48.0 Å². The molecule has 100 valence electrons. The Morgan fingerprint density at radius 2 is 1.89 bits per heavy atom. The molecule has 0 N–H and O–H groups in total. The van der Waals surface area contributed by atoms with Crippen LogP contribution in [0.1, 0.15) is 19.4 Å². The Morgan fingerprint density at radius 3 is 2.63 bits per heavy atom. The second-order valence-electron chi connectivity index (χ2n) is 5.62. The van der Waals surface area contributed by atoms with Gasteiger partial charge < -0.3 is 4.74 Å². The van der Waals surface area contributed by atoms with Crippen molar-refractivity contribution in [2.75, 3.05) is 13.2 Å². The Labute approximate surface area is 115 Å². The van der Waals surface area contributed by atoms with Crippen molar-refractivity contribution >= 4 is 10.8 Å². The number of ether oxygens (including phenoxy) is 1. The molecule has 1 aliphatic rings. The van der Waals surface area contributed by atoms with E-state index < -0.39 is 0 Å². The predicted molar refractivity (Wildman–Crippen MR) is 79.2 cm³/mol. The van der Waals surface area contributed by atoms with Crippen LogP contribution in [0.2, 0.25) is 0 Å². The first-order valence-corrected chi connectivity index (χ1v) is 7.06. The smallest absolute Gasteiger partial charge is 0.0936 e. The van der Waals surface area contributed by atoms with Crippen LogP contribution in [0.25, 0.3) is 10.8 Å². The van der Waals surface area contributed by atoms with Gasteiger partial charge >= 0.3 is 0 Å². The third kappa shape index (κ3) is 2.96. The third-order valence-corrected chi connectivity index (χ3v) is 3.82. The lowest BCUT2D eigenvalue weighted by Gasteiger charge is -2.26. The Bertz CT molecular complexity index is 555. The van der Waals surface area contributed by atoms with E-state index in [9.17, 15) is 0 Å². The van der Waals surface area contributed by atoms with Gasteiger partial charge in [-0.05, 0) is 30.2 Å². The summed E-state index contributed by atoms with van der Waals surface area (Å²) >= 11 is 0. The third-order valence-electron chi connectivity index (χ3n) is 3.82. The zero-order chi connectivity index (χ0) is 13.2. The summed E-state index contributed by atoms with van der Waals surface area (Å²) in [4.78, 5) is 2.50. The molecule has 2 aromatic carbocycles. The van der Waals surface area contributed by atoms with E-state index in [4.69, 9.17) is 4.74 Å². The molecule has 1 atom stereocenters. The van der Waals surface area contributed by atoms with E-state index in [1.54, 1.807) is 0 Å². The quantitative estimate of drug-likeness (QED) is 0.761. The highest BCUT2D eigenvalue weighted by Gasteiger charge is 2.26. The molecule has 0 radical (unpaired) electrons. The van der Waals surface area contributed by atoms with Crippen LogP contribution in [0, 0.1) is 0 Å². The molecule has 0 amide bonds. The molecule has 1 heterocycles. The largest absolute Gasteiger partial charge is 0.372 e. The summed E-state index contributed by atoms with van der Waals surface area (Å²) in [6.45, 7) is 7.49. The highest BCUT2D eigenvalue weighted by Crippen LogP contribution is 2.22. The maximum Gasteiger partial charge on any atom is 0.0936 e. The number of benzene rings is 2. The van der Waals surface area contributed by atoms with Gasteiger partial charge in [-0.3, -0.25) is 4.90 Å². The fourth-order valence-electron chi connectivity index (χ4n) is 2.54. The normalized spacial score (nSPS) is 18.4. The molecule has 1 saturated heterocycles. The summed E-state index contributed by atoms with van der Waals surface area (Å²) in [6, 6.07) is 15.8. The minimum Gasteiger partial charge on any atom is -0.372 e. The van der Waals surface area contributed by atoms with Crippen molar-refractivity contribution < 1.29 is 4.74 Å². The van der Waals surface area contributed by atoms with E-state index in [0.29, 0.717) is 12.1 Å². The van der Waals surface area contributed by atoms with Crippen LogP contribution in [0.4, 0.5) is 0 Å². The summed E-state index contributed by atoms with van der Waals surface area (Å²) in [5, 5.41) is 2.69. The molecule has 1 unspecified atom stereocenters. The lowest BCUT2D eigenvalue weighted by molar-refractivity contribution is 0.192. The first-order valence-electron chi connectivity index (χ1n) is 7.06. The van der Waals surface area contributed by atoms with Gasteiger partial charge in [-0.1, -0.05) is 42.5 Å². The number of rotatable bonds is 5. The van der Waals surface area contributed by atoms with Crippen molar-refractivity contribution in [1.82, 2.24) is 4.90 Å². The second-order valence-corrected chi connectivity index (χ2v) is 5.62. The fourth-order valence-corrected chi connectivity index (χ4v) is 2.54. The van der Waals surface area contributed by atoms with E-state index in [-0.39, 0.29) is 0 Å². The average Bonchev–Trinajstić information content (AvgIpc) is 3.22. The van der Waals surface area contributed by atoms with Crippen LogP contribution in [0.5, 0.6) is 0 Å². The number of epoxide rings is 1. The fraction of sp³-hybridized carbons (Fsp3) is 0.412. The number of fused-ring (bicyclic) bond motifs is 1. The lowest BCUT2D eigenvalue weighted by atomic mass is 10.0. The minimum absolute atomic E-state index is 0.456. The maximum atomic E-state index is 5.37. The second kappa shape index (κ2) is 5.32. The summed E-state index contributed by atoms with van der Waals surface area (Å²) in [7, 11) is 0. The summed E-state index contributed by atoms with van der Waals surface area (Å²) in [5.74, 6) is 0. The van der Waals surface area contributed by atoms with Gasteiger partial charge in [0.25, 0.3) is 0 Å². The number of hydrogen-bond donors (Lipinski definition) is 0. The molecule has 2 nitrogen and oxygen atoms in total. The van der Waals surface area contributed by atoms with Crippen LogP contribution in [-0.2, 0) is 11.3 Å². The first kappa shape index (κ1) is 12.6. The molecular weight excluding hydrogens is 234 g/mol. The monoisotopic (exact) mass is 255 g/mol. The van der Waals surface area contributed by atoms with E-state index in [2.05, 4.69) is 61.2 Å². The molecule has 0 spiro atoms. The van der Waals surface area contributed by atoms with Gasteiger partial charge in [-0.2, -0.15) is 0 Å². The topological polar surface area (TPSA) is 15.8 Å². The van der Waals surface area contributed by atoms with Crippen molar-refractivity contribution in [3.63, 3.8) is 0 Å². The van der Waals surface area contributed by atoms with Gasteiger partial charge in [0.05, 0.1) is 12.7 Å². The number of nitrogens with zero attached hydrogens (tertiary/aromatic N) is 1. The van der Waals surface area contributed by atoms with Crippen molar-refractivity contribution in [3.8, 4) is 0 Å². The van der Waals surface area contributed by atoms with E-state index in [1.165, 1.54) is 16.3 Å². The Balaban J connectivity index is 1.86. The zero-order valence-corrected chi connectivity index (χ0v) is 11.7.